The molecule has 3 heteroatoms. The lowest BCUT2D eigenvalue weighted by atomic mass is 9.91. The number of aromatic nitrogens is 1. The fourth-order valence-electron chi connectivity index (χ4n) is 3.47. The van der Waals surface area contributed by atoms with E-state index in [4.69, 9.17) is 0 Å². The Balaban J connectivity index is 1.78. The number of amides is 1. The second kappa shape index (κ2) is 7.40. The zero-order chi connectivity index (χ0) is 16.1. The molecule has 1 heterocycles. The zero-order valence-corrected chi connectivity index (χ0v) is 13.7. The molecule has 0 spiro atoms. The predicted molar refractivity (Wildman–Crippen MR) is 92.2 cm³/mol. The van der Waals surface area contributed by atoms with Gasteiger partial charge in [0.2, 0.25) is 5.91 Å². The minimum Gasteiger partial charge on any atom is -0.355 e. The maximum atomic E-state index is 12.4. The summed E-state index contributed by atoms with van der Waals surface area (Å²) in [6.07, 6.45) is 6.24. The topological polar surface area (TPSA) is 42.0 Å². The highest BCUT2D eigenvalue weighted by molar-refractivity contribution is 5.79. The number of hydrogen-bond acceptors (Lipinski definition) is 2. The van der Waals surface area contributed by atoms with E-state index in [9.17, 15) is 4.79 Å². The third-order valence-corrected chi connectivity index (χ3v) is 4.82. The number of pyridine rings is 1. The molecule has 0 aliphatic heterocycles. The van der Waals surface area contributed by atoms with Crippen LogP contribution in [0.25, 0.3) is 0 Å². The van der Waals surface area contributed by atoms with E-state index in [0.717, 1.165) is 18.5 Å². The van der Waals surface area contributed by atoms with Crippen LogP contribution < -0.4 is 5.32 Å². The third-order valence-electron chi connectivity index (χ3n) is 4.82. The van der Waals surface area contributed by atoms with Crippen molar-refractivity contribution in [2.75, 3.05) is 6.54 Å². The number of nitrogens with one attached hydrogen (secondary N) is 1. The normalized spacial score (nSPS) is 16.2. The van der Waals surface area contributed by atoms with Gasteiger partial charge in [0.15, 0.2) is 0 Å². The first-order chi connectivity index (χ1) is 11.3. The number of benzene rings is 1. The molecule has 3 nitrogen and oxygen atoms in total. The van der Waals surface area contributed by atoms with Gasteiger partial charge in [0, 0.05) is 30.3 Å². The Bertz CT molecular complexity index is 648. The quantitative estimate of drug-likeness (QED) is 0.912. The Kier molecular flexibility index (Phi) is 5.06. The van der Waals surface area contributed by atoms with Crippen LogP contribution in [-0.4, -0.2) is 17.4 Å². The summed E-state index contributed by atoms with van der Waals surface area (Å²) in [6, 6.07) is 14.3. The molecule has 1 saturated carbocycles. The number of nitrogens with zero attached hydrogens (tertiary/aromatic N) is 1. The first-order valence-electron chi connectivity index (χ1n) is 8.50. The van der Waals surface area contributed by atoms with Crippen LogP contribution in [0, 0.1) is 12.8 Å². The lowest BCUT2D eigenvalue weighted by molar-refractivity contribution is -0.124. The lowest BCUT2D eigenvalue weighted by Gasteiger charge is -2.21. The van der Waals surface area contributed by atoms with Gasteiger partial charge in [-0.05, 0) is 43.0 Å². The minimum absolute atomic E-state index is 0.0998. The summed E-state index contributed by atoms with van der Waals surface area (Å²) in [5.74, 6) is 0.510. The smallest absolute Gasteiger partial charge is 0.223 e. The van der Waals surface area contributed by atoms with E-state index in [-0.39, 0.29) is 17.7 Å². The van der Waals surface area contributed by atoms with Crippen LogP contribution in [0.5, 0.6) is 0 Å². The summed E-state index contributed by atoms with van der Waals surface area (Å²) in [7, 11) is 0. The van der Waals surface area contributed by atoms with Gasteiger partial charge in [-0.25, -0.2) is 0 Å². The Morgan fingerprint density at radius 3 is 2.61 bits per heavy atom. The standard InChI is InChI=1S/C20H24N2O/c1-15-8-2-5-11-17(15)18(19-12-6-7-13-21-19)14-22-20(23)16-9-3-4-10-16/h2,5-8,11-13,16,18H,3-4,9-10,14H2,1H3,(H,22,23). The molecule has 1 aromatic carbocycles. The van der Waals surface area contributed by atoms with Crippen LogP contribution in [0.3, 0.4) is 0 Å². The Hall–Kier alpha value is -2.16. The van der Waals surface area contributed by atoms with Crippen molar-refractivity contribution in [3.8, 4) is 0 Å². The second-order valence-corrected chi connectivity index (χ2v) is 6.39. The van der Waals surface area contributed by atoms with Crippen molar-refractivity contribution in [3.05, 3.63) is 65.5 Å². The largest absolute Gasteiger partial charge is 0.355 e. The van der Waals surface area contributed by atoms with Gasteiger partial charge in [0.1, 0.15) is 0 Å². The summed E-state index contributed by atoms with van der Waals surface area (Å²) in [6.45, 7) is 2.72. The van der Waals surface area contributed by atoms with E-state index >= 15 is 0 Å². The van der Waals surface area contributed by atoms with Crippen molar-refractivity contribution >= 4 is 5.91 Å². The van der Waals surface area contributed by atoms with Gasteiger partial charge < -0.3 is 5.32 Å². The number of aryl methyl sites for hydroxylation is 1. The second-order valence-electron chi connectivity index (χ2n) is 6.39. The van der Waals surface area contributed by atoms with Crippen molar-refractivity contribution in [2.24, 2.45) is 5.92 Å². The highest BCUT2D eigenvalue weighted by Crippen LogP contribution is 2.27. The molecule has 1 aliphatic carbocycles. The van der Waals surface area contributed by atoms with Crippen molar-refractivity contribution in [1.82, 2.24) is 10.3 Å². The molecule has 1 aliphatic rings. The van der Waals surface area contributed by atoms with Crippen LogP contribution in [0.4, 0.5) is 0 Å². The highest BCUT2D eigenvalue weighted by atomic mass is 16.1. The highest BCUT2D eigenvalue weighted by Gasteiger charge is 2.24. The monoisotopic (exact) mass is 308 g/mol. The number of rotatable bonds is 5. The van der Waals surface area contributed by atoms with Crippen LogP contribution in [-0.2, 0) is 4.79 Å². The first-order valence-corrected chi connectivity index (χ1v) is 8.50. The van der Waals surface area contributed by atoms with Gasteiger partial charge in [-0.1, -0.05) is 43.2 Å². The lowest BCUT2D eigenvalue weighted by Crippen LogP contribution is -2.33. The molecular formula is C20H24N2O. The molecule has 0 bridgehead atoms. The van der Waals surface area contributed by atoms with Gasteiger partial charge in [-0.15, -0.1) is 0 Å². The number of carbonyl (C=O) groups excluding carboxylic acids is 1. The van der Waals surface area contributed by atoms with E-state index in [1.165, 1.54) is 24.0 Å². The molecule has 0 saturated heterocycles. The van der Waals surface area contributed by atoms with Gasteiger partial charge in [0.05, 0.1) is 0 Å². The molecule has 3 rings (SSSR count). The average Bonchev–Trinajstić information content (AvgIpc) is 3.12. The van der Waals surface area contributed by atoms with Gasteiger partial charge in [0.25, 0.3) is 0 Å². The summed E-state index contributed by atoms with van der Waals surface area (Å²) in [4.78, 5) is 16.9. The van der Waals surface area contributed by atoms with Gasteiger partial charge in [-0.3, -0.25) is 9.78 Å². The molecule has 1 aromatic heterocycles. The first kappa shape index (κ1) is 15.7. The minimum atomic E-state index is 0.0998. The fourth-order valence-corrected chi connectivity index (χ4v) is 3.47. The van der Waals surface area contributed by atoms with Crippen LogP contribution in [0.15, 0.2) is 48.7 Å². The molecule has 1 amide bonds. The predicted octanol–water partition coefficient (Wildman–Crippen LogP) is 3.83. The van der Waals surface area contributed by atoms with Crippen LogP contribution >= 0.6 is 0 Å². The van der Waals surface area contributed by atoms with Gasteiger partial charge in [-0.2, -0.15) is 0 Å². The van der Waals surface area contributed by atoms with Crippen LogP contribution in [0.1, 0.15) is 48.4 Å². The van der Waals surface area contributed by atoms with Crippen molar-refractivity contribution in [2.45, 2.75) is 38.5 Å². The summed E-state index contributed by atoms with van der Waals surface area (Å²) >= 11 is 0. The Morgan fingerprint density at radius 2 is 1.91 bits per heavy atom. The van der Waals surface area contributed by atoms with E-state index in [2.05, 4.69) is 35.4 Å². The van der Waals surface area contributed by atoms with E-state index in [1.807, 2.05) is 30.5 Å². The molecule has 1 unspecified atom stereocenters. The van der Waals surface area contributed by atoms with E-state index in [1.54, 1.807) is 0 Å². The summed E-state index contributed by atoms with van der Waals surface area (Å²) in [5, 5.41) is 3.17. The molecular weight excluding hydrogens is 284 g/mol. The molecule has 1 N–H and O–H groups in total. The Morgan fingerprint density at radius 1 is 1.17 bits per heavy atom. The van der Waals surface area contributed by atoms with E-state index in [0.29, 0.717) is 6.54 Å². The van der Waals surface area contributed by atoms with E-state index < -0.39 is 0 Å². The van der Waals surface area contributed by atoms with Crippen LogP contribution in [0.2, 0.25) is 0 Å². The number of hydrogen-bond donors (Lipinski definition) is 1. The molecule has 0 radical (unpaired) electrons. The molecule has 1 atom stereocenters. The SMILES string of the molecule is Cc1ccccc1C(CNC(=O)C1CCCC1)c1ccccn1. The van der Waals surface area contributed by atoms with Gasteiger partial charge >= 0.3 is 0 Å². The summed E-state index contributed by atoms with van der Waals surface area (Å²) < 4.78 is 0. The van der Waals surface area contributed by atoms with Crippen molar-refractivity contribution in [1.29, 1.82) is 0 Å². The fraction of sp³-hybridized carbons (Fsp3) is 0.400. The summed E-state index contributed by atoms with van der Waals surface area (Å²) in [5.41, 5.74) is 3.48. The third kappa shape index (κ3) is 3.79. The Labute approximate surface area is 138 Å². The molecule has 1 fully saturated rings. The van der Waals surface area contributed by atoms with Crippen molar-refractivity contribution < 1.29 is 4.79 Å². The molecule has 120 valence electrons. The maximum absolute atomic E-state index is 12.4. The van der Waals surface area contributed by atoms with Crippen molar-refractivity contribution in [3.63, 3.8) is 0 Å². The molecule has 23 heavy (non-hydrogen) atoms. The number of carbonyl (C=O) groups is 1. The maximum Gasteiger partial charge on any atom is 0.223 e. The average molecular weight is 308 g/mol. The molecule has 2 aromatic rings. The zero-order valence-electron chi connectivity index (χ0n) is 13.7.